The van der Waals surface area contributed by atoms with Crippen LogP contribution in [0.2, 0.25) is 0 Å². The lowest BCUT2D eigenvalue weighted by Gasteiger charge is -2.25. The molecule has 4 nitrogen and oxygen atoms in total. The fourth-order valence-electron chi connectivity index (χ4n) is 1.99. The van der Waals surface area contributed by atoms with Crippen molar-refractivity contribution in [3.8, 4) is 0 Å². The Kier molecular flexibility index (Phi) is 5.05. The van der Waals surface area contributed by atoms with Crippen LogP contribution in [0.15, 0.2) is 0 Å². The number of amides is 1. The molecule has 1 heterocycles. The minimum atomic E-state index is 0.0156. The second-order valence-corrected chi connectivity index (χ2v) is 4.11. The van der Waals surface area contributed by atoms with Crippen molar-refractivity contribution in [2.45, 2.75) is 26.3 Å². The van der Waals surface area contributed by atoms with Crippen LogP contribution in [0, 0.1) is 5.92 Å². The maximum Gasteiger partial charge on any atom is 0.240 e. The zero-order chi connectivity index (χ0) is 11.3. The van der Waals surface area contributed by atoms with Crippen LogP contribution in [0.1, 0.15) is 20.3 Å². The molecule has 0 aliphatic carbocycles. The summed E-state index contributed by atoms with van der Waals surface area (Å²) < 4.78 is 5.00. The van der Waals surface area contributed by atoms with Gasteiger partial charge in [-0.2, -0.15) is 0 Å². The summed E-state index contributed by atoms with van der Waals surface area (Å²) in [6, 6.07) is 0.0156. The lowest BCUT2D eigenvalue weighted by Crippen LogP contribution is -2.46. The highest BCUT2D eigenvalue weighted by Crippen LogP contribution is 2.16. The number of ether oxygens (including phenoxy) is 1. The molecule has 1 rings (SSSR count). The van der Waals surface area contributed by atoms with E-state index in [-0.39, 0.29) is 11.9 Å². The number of methoxy groups -OCH3 is 1. The lowest BCUT2D eigenvalue weighted by molar-refractivity contribution is -0.134. The summed E-state index contributed by atoms with van der Waals surface area (Å²) in [4.78, 5) is 14.0. The van der Waals surface area contributed by atoms with E-state index >= 15 is 0 Å². The third-order valence-corrected chi connectivity index (χ3v) is 3.06. The van der Waals surface area contributed by atoms with Crippen LogP contribution in [-0.4, -0.2) is 50.2 Å². The van der Waals surface area contributed by atoms with E-state index in [9.17, 15) is 4.79 Å². The first-order valence-electron chi connectivity index (χ1n) is 5.71. The zero-order valence-electron chi connectivity index (χ0n) is 9.95. The number of carbonyl (C=O) groups excluding carboxylic acids is 1. The summed E-state index contributed by atoms with van der Waals surface area (Å²) in [6.45, 7) is 7.16. The van der Waals surface area contributed by atoms with Crippen molar-refractivity contribution in [1.29, 1.82) is 0 Å². The molecule has 4 heteroatoms. The van der Waals surface area contributed by atoms with Gasteiger partial charge >= 0.3 is 0 Å². The Morgan fingerprint density at radius 3 is 2.80 bits per heavy atom. The molecule has 0 radical (unpaired) electrons. The van der Waals surface area contributed by atoms with Gasteiger partial charge in [0.1, 0.15) is 0 Å². The Hall–Kier alpha value is -0.610. The van der Waals surface area contributed by atoms with Crippen LogP contribution in [0.4, 0.5) is 0 Å². The van der Waals surface area contributed by atoms with Gasteiger partial charge in [-0.15, -0.1) is 0 Å². The SMILES string of the molecule is CCN(CCOC)C(=O)C1NCCC1C. The minimum absolute atomic E-state index is 0.0156. The number of hydrogen-bond acceptors (Lipinski definition) is 3. The molecule has 0 spiro atoms. The van der Waals surface area contributed by atoms with Crippen LogP contribution in [0.25, 0.3) is 0 Å². The molecule has 2 unspecified atom stereocenters. The van der Waals surface area contributed by atoms with E-state index in [1.807, 2.05) is 11.8 Å². The summed E-state index contributed by atoms with van der Waals surface area (Å²) in [5.74, 6) is 0.675. The number of nitrogens with zero attached hydrogens (tertiary/aromatic N) is 1. The Balaban J connectivity index is 2.48. The topological polar surface area (TPSA) is 41.6 Å². The Bertz CT molecular complexity index is 209. The average molecular weight is 214 g/mol. The van der Waals surface area contributed by atoms with Gasteiger partial charge in [0.05, 0.1) is 12.6 Å². The van der Waals surface area contributed by atoms with Crippen molar-refractivity contribution in [3.63, 3.8) is 0 Å². The molecule has 1 aliphatic heterocycles. The Labute approximate surface area is 92.0 Å². The largest absolute Gasteiger partial charge is 0.383 e. The van der Waals surface area contributed by atoms with E-state index in [4.69, 9.17) is 4.74 Å². The molecule has 0 saturated carbocycles. The monoisotopic (exact) mass is 214 g/mol. The van der Waals surface area contributed by atoms with Gasteiger partial charge in [0.2, 0.25) is 5.91 Å². The van der Waals surface area contributed by atoms with E-state index in [0.717, 1.165) is 19.5 Å². The van der Waals surface area contributed by atoms with Gasteiger partial charge in [-0.1, -0.05) is 6.92 Å². The third-order valence-electron chi connectivity index (χ3n) is 3.06. The van der Waals surface area contributed by atoms with Crippen molar-refractivity contribution in [2.75, 3.05) is 33.4 Å². The quantitative estimate of drug-likeness (QED) is 0.724. The van der Waals surface area contributed by atoms with Crippen molar-refractivity contribution in [3.05, 3.63) is 0 Å². The van der Waals surface area contributed by atoms with Gasteiger partial charge in [0.25, 0.3) is 0 Å². The first kappa shape index (κ1) is 12.5. The summed E-state index contributed by atoms with van der Waals surface area (Å²) >= 11 is 0. The lowest BCUT2D eigenvalue weighted by atomic mass is 10.0. The van der Waals surface area contributed by atoms with E-state index < -0.39 is 0 Å². The molecule has 1 fully saturated rings. The molecule has 0 bridgehead atoms. The van der Waals surface area contributed by atoms with Gasteiger partial charge in [-0.3, -0.25) is 4.79 Å². The van der Waals surface area contributed by atoms with E-state index in [2.05, 4.69) is 12.2 Å². The van der Waals surface area contributed by atoms with Gasteiger partial charge in [-0.25, -0.2) is 0 Å². The van der Waals surface area contributed by atoms with Crippen LogP contribution in [0.3, 0.4) is 0 Å². The molecule has 1 N–H and O–H groups in total. The van der Waals surface area contributed by atoms with Crippen LogP contribution in [-0.2, 0) is 9.53 Å². The molecule has 1 saturated heterocycles. The number of rotatable bonds is 5. The number of carbonyl (C=O) groups is 1. The summed E-state index contributed by atoms with van der Waals surface area (Å²) in [5.41, 5.74) is 0. The minimum Gasteiger partial charge on any atom is -0.383 e. The fraction of sp³-hybridized carbons (Fsp3) is 0.909. The summed E-state index contributed by atoms with van der Waals surface area (Å²) in [7, 11) is 1.66. The fourth-order valence-corrected chi connectivity index (χ4v) is 1.99. The molecule has 15 heavy (non-hydrogen) atoms. The molecule has 0 aromatic heterocycles. The predicted octanol–water partition coefficient (Wildman–Crippen LogP) is 0.479. The molecule has 2 atom stereocenters. The number of nitrogens with one attached hydrogen (secondary N) is 1. The van der Waals surface area contributed by atoms with E-state index in [0.29, 0.717) is 19.1 Å². The van der Waals surface area contributed by atoms with Crippen LogP contribution < -0.4 is 5.32 Å². The number of hydrogen-bond donors (Lipinski definition) is 1. The maximum absolute atomic E-state index is 12.1. The summed E-state index contributed by atoms with van der Waals surface area (Å²) in [6.07, 6.45) is 1.10. The highest BCUT2D eigenvalue weighted by molar-refractivity contribution is 5.82. The van der Waals surface area contributed by atoms with Crippen molar-refractivity contribution in [2.24, 2.45) is 5.92 Å². The highest BCUT2D eigenvalue weighted by Gasteiger charge is 2.31. The maximum atomic E-state index is 12.1. The van der Waals surface area contributed by atoms with Gasteiger partial charge in [-0.05, 0) is 25.8 Å². The normalized spacial score (nSPS) is 25.5. The Morgan fingerprint density at radius 1 is 1.60 bits per heavy atom. The zero-order valence-corrected chi connectivity index (χ0v) is 9.95. The average Bonchev–Trinajstić information content (AvgIpc) is 2.65. The van der Waals surface area contributed by atoms with E-state index in [1.54, 1.807) is 7.11 Å². The molecule has 1 aliphatic rings. The van der Waals surface area contributed by atoms with Gasteiger partial charge < -0.3 is 15.0 Å². The van der Waals surface area contributed by atoms with Crippen LogP contribution >= 0.6 is 0 Å². The number of likely N-dealkylation sites (N-methyl/N-ethyl adjacent to an activating group) is 1. The first-order chi connectivity index (χ1) is 7.20. The standard InChI is InChI=1S/C11H22N2O2/c1-4-13(7-8-15-3)11(14)10-9(2)5-6-12-10/h9-10,12H,4-8H2,1-3H3. The van der Waals surface area contributed by atoms with Gasteiger partial charge in [0.15, 0.2) is 0 Å². The van der Waals surface area contributed by atoms with Crippen LogP contribution in [0.5, 0.6) is 0 Å². The summed E-state index contributed by atoms with van der Waals surface area (Å²) in [5, 5.41) is 3.27. The smallest absolute Gasteiger partial charge is 0.240 e. The predicted molar refractivity (Wildman–Crippen MR) is 59.7 cm³/mol. The molecule has 88 valence electrons. The van der Waals surface area contributed by atoms with E-state index in [1.165, 1.54) is 0 Å². The molecular formula is C11H22N2O2. The van der Waals surface area contributed by atoms with Crippen molar-refractivity contribution < 1.29 is 9.53 Å². The molecular weight excluding hydrogens is 192 g/mol. The first-order valence-corrected chi connectivity index (χ1v) is 5.71. The van der Waals surface area contributed by atoms with Crippen molar-refractivity contribution >= 4 is 5.91 Å². The van der Waals surface area contributed by atoms with Gasteiger partial charge in [0, 0.05) is 20.2 Å². The second-order valence-electron chi connectivity index (χ2n) is 4.11. The van der Waals surface area contributed by atoms with Crippen molar-refractivity contribution in [1.82, 2.24) is 10.2 Å². The second kappa shape index (κ2) is 6.08. The third kappa shape index (κ3) is 3.18. The Morgan fingerprint density at radius 2 is 2.33 bits per heavy atom. The molecule has 0 aromatic rings. The molecule has 0 aromatic carbocycles. The molecule has 1 amide bonds. The highest BCUT2D eigenvalue weighted by atomic mass is 16.5.